The van der Waals surface area contributed by atoms with E-state index in [0.717, 1.165) is 25.2 Å². The number of hydrogen-bond donors (Lipinski definition) is 0. The van der Waals surface area contributed by atoms with Crippen LogP contribution in [0.25, 0.3) is 0 Å². The van der Waals surface area contributed by atoms with Crippen LogP contribution in [0.4, 0.5) is 0 Å². The van der Waals surface area contributed by atoms with Crippen molar-refractivity contribution in [2.75, 3.05) is 13.2 Å². The lowest BCUT2D eigenvalue weighted by atomic mass is 10.0. The SMILES string of the molecule is CCOCCCC(=O)OC(C)CCCC(C)C. The minimum absolute atomic E-state index is 0.0494. The predicted molar refractivity (Wildman–Crippen MR) is 70.0 cm³/mol. The fourth-order valence-electron chi connectivity index (χ4n) is 1.62. The zero-order chi connectivity index (χ0) is 13.1. The standard InChI is InChI=1S/C14H28O3/c1-5-16-11-7-10-14(15)17-13(4)9-6-8-12(2)3/h12-13H,5-11H2,1-4H3. The van der Waals surface area contributed by atoms with E-state index in [1.54, 1.807) is 0 Å². The molecule has 0 aromatic heterocycles. The molecule has 0 heterocycles. The van der Waals surface area contributed by atoms with Gasteiger partial charge in [-0.05, 0) is 39.0 Å². The van der Waals surface area contributed by atoms with Crippen molar-refractivity contribution in [1.82, 2.24) is 0 Å². The molecule has 0 aliphatic carbocycles. The van der Waals surface area contributed by atoms with Gasteiger partial charge >= 0.3 is 5.97 Å². The summed E-state index contributed by atoms with van der Waals surface area (Å²) in [6.45, 7) is 9.71. The fourth-order valence-corrected chi connectivity index (χ4v) is 1.62. The van der Waals surface area contributed by atoms with Gasteiger partial charge in [-0.25, -0.2) is 0 Å². The Kier molecular flexibility index (Phi) is 10.2. The Bertz CT molecular complexity index is 190. The number of carbonyl (C=O) groups is 1. The second-order valence-corrected chi connectivity index (χ2v) is 4.93. The highest BCUT2D eigenvalue weighted by Crippen LogP contribution is 2.11. The van der Waals surface area contributed by atoms with Gasteiger partial charge < -0.3 is 9.47 Å². The van der Waals surface area contributed by atoms with Crippen LogP contribution in [0.15, 0.2) is 0 Å². The lowest BCUT2D eigenvalue weighted by Gasteiger charge is -2.13. The maximum Gasteiger partial charge on any atom is 0.306 e. The van der Waals surface area contributed by atoms with E-state index in [1.165, 1.54) is 6.42 Å². The van der Waals surface area contributed by atoms with Crippen molar-refractivity contribution in [1.29, 1.82) is 0 Å². The van der Waals surface area contributed by atoms with Crippen LogP contribution in [0, 0.1) is 5.92 Å². The predicted octanol–water partition coefficient (Wildman–Crippen LogP) is 3.56. The van der Waals surface area contributed by atoms with Gasteiger partial charge in [0.15, 0.2) is 0 Å². The number of hydrogen-bond acceptors (Lipinski definition) is 3. The molecular formula is C14H28O3. The van der Waals surface area contributed by atoms with Crippen LogP contribution < -0.4 is 0 Å². The highest BCUT2D eigenvalue weighted by atomic mass is 16.5. The molecule has 0 N–H and O–H groups in total. The topological polar surface area (TPSA) is 35.5 Å². The first kappa shape index (κ1) is 16.4. The Morgan fingerprint density at radius 2 is 1.82 bits per heavy atom. The summed E-state index contributed by atoms with van der Waals surface area (Å²) in [7, 11) is 0. The van der Waals surface area contributed by atoms with Crippen molar-refractivity contribution >= 4 is 5.97 Å². The summed E-state index contributed by atoms with van der Waals surface area (Å²) in [6, 6.07) is 0. The lowest BCUT2D eigenvalue weighted by molar-refractivity contribution is -0.148. The highest BCUT2D eigenvalue weighted by molar-refractivity contribution is 5.69. The molecular weight excluding hydrogens is 216 g/mol. The Morgan fingerprint density at radius 3 is 2.41 bits per heavy atom. The molecule has 0 radical (unpaired) electrons. The minimum Gasteiger partial charge on any atom is -0.463 e. The molecule has 0 aromatic rings. The summed E-state index contributed by atoms with van der Waals surface area (Å²) in [5.41, 5.74) is 0. The first-order chi connectivity index (χ1) is 8.06. The van der Waals surface area contributed by atoms with Crippen molar-refractivity contribution in [2.45, 2.75) is 65.9 Å². The van der Waals surface area contributed by atoms with E-state index in [-0.39, 0.29) is 12.1 Å². The minimum atomic E-state index is -0.0956. The number of ether oxygens (including phenoxy) is 2. The van der Waals surface area contributed by atoms with Crippen LogP contribution in [0.1, 0.15) is 59.8 Å². The van der Waals surface area contributed by atoms with E-state index in [9.17, 15) is 4.79 Å². The van der Waals surface area contributed by atoms with Crippen molar-refractivity contribution in [3.63, 3.8) is 0 Å². The Hall–Kier alpha value is -0.570. The number of esters is 1. The van der Waals surface area contributed by atoms with E-state index in [4.69, 9.17) is 9.47 Å². The molecule has 3 nitrogen and oxygen atoms in total. The highest BCUT2D eigenvalue weighted by Gasteiger charge is 2.09. The molecule has 0 bridgehead atoms. The third kappa shape index (κ3) is 11.7. The smallest absolute Gasteiger partial charge is 0.306 e. The zero-order valence-electron chi connectivity index (χ0n) is 11.8. The maximum atomic E-state index is 11.4. The molecule has 0 saturated heterocycles. The summed E-state index contributed by atoms with van der Waals surface area (Å²) < 4.78 is 10.5. The first-order valence-electron chi connectivity index (χ1n) is 6.83. The second kappa shape index (κ2) is 10.6. The summed E-state index contributed by atoms with van der Waals surface area (Å²) in [6.07, 6.45) is 4.57. The van der Waals surface area contributed by atoms with Gasteiger partial charge in [0.25, 0.3) is 0 Å². The molecule has 0 aliphatic rings. The van der Waals surface area contributed by atoms with Crippen LogP contribution in [-0.2, 0) is 14.3 Å². The van der Waals surface area contributed by atoms with Crippen molar-refractivity contribution < 1.29 is 14.3 Å². The summed E-state index contributed by atoms with van der Waals surface area (Å²) >= 11 is 0. The van der Waals surface area contributed by atoms with E-state index < -0.39 is 0 Å². The van der Waals surface area contributed by atoms with Crippen LogP contribution in [0.3, 0.4) is 0 Å². The van der Waals surface area contributed by atoms with E-state index in [0.29, 0.717) is 19.6 Å². The van der Waals surface area contributed by atoms with Gasteiger partial charge in [0.05, 0.1) is 6.10 Å². The molecule has 0 aliphatic heterocycles. The Labute approximate surface area is 106 Å². The van der Waals surface area contributed by atoms with Gasteiger partial charge in [-0.15, -0.1) is 0 Å². The average Bonchev–Trinajstić information content (AvgIpc) is 2.23. The molecule has 3 heteroatoms. The largest absolute Gasteiger partial charge is 0.463 e. The average molecular weight is 244 g/mol. The second-order valence-electron chi connectivity index (χ2n) is 4.93. The summed E-state index contributed by atoms with van der Waals surface area (Å²) in [5.74, 6) is 0.630. The normalized spacial score (nSPS) is 12.8. The van der Waals surface area contributed by atoms with E-state index in [2.05, 4.69) is 13.8 Å². The third-order valence-electron chi connectivity index (χ3n) is 2.60. The summed E-state index contributed by atoms with van der Waals surface area (Å²) in [4.78, 5) is 11.4. The molecule has 1 atom stereocenters. The fraction of sp³-hybridized carbons (Fsp3) is 0.929. The van der Waals surface area contributed by atoms with Crippen LogP contribution in [0.2, 0.25) is 0 Å². The van der Waals surface area contributed by atoms with Gasteiger partial charge in [0.1, 0.15) is 0 Å². The van der Waals surface area contributed by atoms with Crippen LogP contribution in [0.5, 0.6) is 0 Å². The van der Waals surface area contributed by atoms with Crippen molar-refractivity contribution in [2.24, 2.45) is 5.92 Å². The van der Waals surface area contributed by atoms with Crippen LogP contribution >= 0.6 is 0 Å². The van der Waals surface area contributed by atoms with Crippen molar-refractivity contribution in [3.05, 3.63) is 0 Å². The first-order valence-corrected chi connectivity index (χ1v) is 6.83. The Balaban J connectivity index is 3.45. The lowest BCUT2D eigenvalue weighted by Crippen LogP contribution is -2.15. The van der Waals surface area contributed by atoms with Crippen LogP contribution in [-0.4, -0.2) is 25.3 Å². The molecule has 1 unspecified atom stereocenters. The molecule has 102 valence electrons. The van der Waals surface area contributed by atoms with Gasteiger partial charge in [0, 0.05) is 19.6 Å². The van der Waals surface area contributed by atoms with Gasteiger partial charge in [0.2, 0.25) is 0 Å². The number of carbonyl (C=O) groups excluding carboxylic acids is 1. The van der Waals surface area contributed by atoms with Gasteiger partial charge in [-0.1, -0.05) is 20.3 Å². The monoisotopic (exact) mass is 244 g/mol. The van der Waals surface area contributed by atoms with Gasteiger partial charge in [-0.2, -0.15) is 0 Å². The third-order valence-corrected chi connectivity index (χ3v) is 2.60. The molecule has 0 amide bonds. The number of rotatable bonds is 10. The Morgan fingerprint density at radius 1 is 1.12 bits per heavy atom. The molecule has 0 rings (SSSR count). The molecule has 0 fully saturated rings. The van der Waals surface area contributed by atoms with E-state index >= 15 is 0 Å². The molecule has 0 spiro atoms. The molecule has 17 heavy (non-hydrogen) atoms. The molecule has 0 saturated carbocycles. The van der Waals surface area contributed by atoms with Crippen molar-refractivity contribution in [3.8, 4) is 0 Å². The molecule has 0 aromatic carbocycles. The van der Waals surface area contributed by atoms with E-state index in [1.807, 2.05) is 13.8 Å². The van der Waals surface area contributed by atoms with Gasteiger partial charge in [-0.3, -0.25) is 4.79 Å². The zero-order valence-corrected chi connectivity index (χ0v) is 11.8. The maximum absolute atomic E-state index is 11.4. The summed E-state index contributed by atoms with van der Waals surface area (Å²) in [5, 5.41) is 0. The quantitative estimate of drug-likeness (QED) is 0.435.